The van der Waals surface area contributed by atoms with Crippen LogP contribution >= 0.6 is 11.3 Å². The van der Waals surface area contributed by atoms with Crippen molar-refractivity contribution in [2.24, 2.45) is 0 Å². The van der Waals surface area contributed by atoms with Crippen LogP contribution in [0.1, 0.15) is 23.6 Å². The zero-order valence-corrected chi connectivity index (χ0v) is 7.22. The Morgan fingerprint density at radius 2 is 2.45 bits per heavy atom. The second-order valence-corrected chi connectivity index (χ2v) is 3.19. The number of esters is 1. The molecule has 0 saturated carbocycles. The normalized spacial score (nSPS) is 10.1. The summed E-state index contributed by atoms with van der Waals surface area (Å²) in [5.41, 5.74) is 0. The summed E-state index contributed by atoms with van der Waals surface area (Å²) in [5, 5.41) is 2.16. The first-order chi connectivity index (χ1) is 5.20. The molecular weight excluding hydrogens is 162 g/mol. The Hall–Kier alpha value is -0.900. The molecule has 0 unspecified atom stereocenters. The molecule has 4 heteroatoms. The average Bonchev–Trinajstić information content (AvgIpc) is 2.35. The van der Waals surface area contributed by atoms with Crippen molar-refractivity contribution >= 4 is 17.3 Å². The highest BCUT2D eigenvalue weighted by Gasteiger charge is 2.10. The van der Waals surface area contributed by atoms with Crippen LogP contribution in [-0.2, 0) is 4.74 Å². The summed E-state index contributed by atoms with van der Waals surface area (Å²) < 4.78 is 4.90. The van der Waals surface area contributed by atoms with Crippen molar-refractivity contribution in [2.75, 3.05) is 0 Å². The van der Waals surface area contributed by atoms with Crippen molar-refractivity contribution < 1.29 is 9.53 Å². The molecule has 0 atom stereocenters. The van der Waals surface area contributed by atoms with E-state index in [1.165, 1.54) is 11.3 Å². The molecule has 0 radical (unpaired) electrons. The van der Waals surface area contributed by atoms with Gasteiger partial charge in [0.1, 0.15) is 0 Å². The summed E-state index contributed by atoms with van der Waals surface area (Å²) in [6.45, 7) is 3.62. The fraction of sp³-hybridized carbons (Fsp3) is 0.429. The highest BCUT2D eigenvalue weighted by molar-refractivity contribution is 7.11. The standard InChI is InChI=1S/C7H9NO2S/c1-5(2)10-7(9)6-8-3-4-11-6/h3-5H,1-2H3. The first-order valence-corrected chi connectivity index (χ1v) is 4.18. The lowest BCUT2D eigenvalue weighted by Crippen LogP contribution is -2.10. The predicted molar refractivity (Wildman–Crippen MR) is 42.7 cm³/mol. The van der Waals surface area contributed by atoms with Gasteiger partial charge >= 0.3 is 5.97 Å². The lowest BCUT2D eigenvalue weighted by atomic mass is 10.5. The first-order valence-electron chi connectivity index (χ1n) is 3.30. The Morgan fingerprint density at radius 1 is 1.73 bits per heavy atom. The van der Waals surface area contributed by atoms with Gasteiger partial charge in [-0.3, -0.25) is 0 Å². The van der Waals surface area contributed by atoms with Crippen LogP contribution in [0.25, 0.3) is 0 Å². The van der Waals surface area contributed by atoms with Crippen LogP contribution < -0.4 is 0 Å². The third-order valence-corrected chi connectivity index (χ3v) is 1.70. The Morgan fingerprint density at radius 3 is 2.91 bits per heavy atom. The van der Waals surface area contributed by atoms with Crippen molar-refractivity contribution in [3.8, 4) is 0 Å². The van der Waals surface area contributed by atoms with Gasteiger partial charge < -0.3 is 4.74 Å². The van der Waals surface area contributed by atoms with E-state index >= 15 is 0 Å². The molecule has 1 heterocycles. The second kappa shape index (κ2) is 3.48. The van der Waals surface area contributed by atoms with E-state index < -0.39 is 0 Å². The summed E-state index contributed by atoms with van der Waals surface area (Å²) in [5.74, 6) is -0.338. The molecule has 0 spiro atoms. The Balaban J connectivity index is 2.57. The molecule has 1 rings (SSSR count). The van der Waals surface area contributed by atoms with Gasteiger partial charge in [-0.15, -0.1) is 11.3 Å². The van der Waals surface area contributed by atoms with Crippen LogP contribution in [0.5, 0.6) is 0 Å². The van der Waals surface area contributed by atoms with Crippen LogP contribution in [0.3, 0.4) is 0 Å². The van der Waals surface area contributed by atoms with Crippen molar-refractivity contribution in [2.45, 2.75) is 20.0 Å². The smallest absolute Gasteiger partial charge is 0.367 e. The van der Waals surface area contributed by atoms with E-state index in [0.29, 0.717) is 5.01 Å². The van der Waals surface area contributed by atoms with Crippen LogP contribution in [-0.4, -0.2) is 17.1 Å². The summed E-state index contributed by atoms with van der Waals surface area (Å²) in [6, 6.07) is 0. The summed E-state index contributed by atoms with van der Waals surface area (Å²) in [7, 11) is 0. The van der Waals surface area contributed by atoms with E-state index in [2.05, 4.69) is 4.98 Å². The highest BCUT2D eigenvalue weighted by Crippen LogP contribution is 2.06. The third kappa shape index (κ3) is 2.31. The molecule has 11 heavy (non-hydrogen) atoms. The van der Waals surface area contributed by atoms with Gasteiger partial charge in [-0.1, -0.05) is 0 Å². The number of nitrogens with zero attached hydrogens (tertiary/aromatic N) is 1. The number of hydrogen-bond donors (Lipinski definition) is 0. The third-order valence-electron chi connectivity index (χ3n) is 0.950. The minimum Gasteiger partial charge on any atom is -0.458 e. The molecule has 0 amide bonds. The lowest BCUT2D eigenvalue weighted by molar-refractivity contribution is 0.0377. The molecule has 0 saturated heterocycles. The first kappa shape index (κ1) is 8.20. The fourth-order valence-corrected chi connectivity index (χ4v) is 1.11. The molecule has 0 bridgehead atoms. The average molecular weight is 171 g/mol. The molecule has 60 valence electrons. The quantitative estimate of drug-likeness (QED) is 0.636. The maximum atomic E-state index is 11.0. The summed E-state index contributed by atoms with van der Waals surface area (Å²) in [4.78, 5) is 14.9. The summed E-state index contributed by atoms with van der Waals surface area (Å²) in [6.07, 6.45) is 1.51. The number of thiazole rings is 1. The molecule has 1 aromatic rings. The van der Waals surface area contributed by atoms with Gasteiger partial charge in [-0.2, -0.15) is 0 Å². The molecular formula is C7H9NO2S. The minimum absolute atomic E-state index is 0.0774. The summed E-state index contributed by atoms with van der Waals surface area (Å²) >= 11 is 1.29. The topological polar surface area (TPSA) is 39.2 Å². The van der Waals surface area contributed by atoms with Crippen molar-refractivity contribution in [3.63, 3.8) is 0 Å². The highest BCUT2D eigenvalue weighted by atomic mass is 32.1. The van der Waals surface area contributed by atoms with Crippen molar-refractivity contribution in [3.05, 3.63) is 16.6 Å². The van der Waals surface area contributed by atoms with Gasteiger partial charge in [-0.25, -0.2) is 9.78 Å². The van der Waals surface area contributed by atoms with Gasteiger partial charge in [0.25, 0.3) is 0 Å². The number of hydrogen-bond acceptors (Lipinski definition) is 4. The molecule has 0 aliphatic carbocycles. The van der Waals surface area contributed by atoms with E-state index in [1.807, 2.05) is 13.8 Å². The molecule has 0 aliphatic heterocycles. The van der Waals surface area contributed by atoms with E-state index in [9.17, 15) is 4.79 Å². The van der Waals surface area contributed by atoms with Gasteiger partial charge in [-0.05, 0) is 13.8 Å². The van der Waals surface area contributed by atoms with Crippen LogP contribution in [0.4, 0.5) is 0 Å². The van der Waals surface area contributed by atoms with E-state index in [1.54, 1.807) is 11.6 Å². The zero-order chi connectivity index (χ0) is 8.27. The number of ether oxygens (including phenoxy) is 1. The molecule has 0 fully saturated rings. The lowest BCUT2D eigenvalue weighted by Gasteiger charge is -2.04. The molecule has 0 N–H and O–H groups in total. The molecule has 0 aromatic carbocycles. The predicted octanol–water partition coefficient (Wildman–Crippen LogP) is 1.71. The SMILES string of the molecule is CC(C)OC(=O)c1nccs1. The zero-order valence-electron chi connectivity index (χ0n) is 6.40. The maximum absolute atomic E-state index is 11.0. The van der Waals surface area contributed by atoms with Crippen LogP contribution in [0.15, 0.2) is 11.6 Å². The second-order valence-electron chi connectivity index (χ2n) is 2.29. The molecule has 3 nitrogen and oxygen atoms in total. The maximum Gasteiger partial charge on any atom is 0.367 e. The minimum atomic E-state index is -0.338. The fourth-order valence-electron chi connectivity index (χ4n) is 0.589. The number of aromatic nitrogens is 1. The van der Waals surface area contributed by atoms with Crippen molar-refractivity contribution in [1.29, 1.82) is 0 Å². The Kier molecular flexibility index (Phi) is 2.59. The van der Waals surface area contributed by atoms with Gasteiger partial charge in [0, 0.05) is 11.6 Å². The van der Waals surface area contributed by atoms with Gasteiger partial charge in [0.2, 0.25) is 5.01 Å². The number of carbonyl (C=O) groups is 1. The van der Waals surface area contributed by atoms with Crippen LogP contribution in [0, 0.1) is 0 Å². The van der Waals surface area contributed by atoms with E-state index in [0.717, 1.165) is 0 Å². The van der Waals surface area contributed by atoms with Crippen LogP contribution in [0.2, 0.25) is 0 Å². The van der Waals surface area contributed by atoms with E-state index in [-0.39, 0.29) is 12.1 Å². The van der Waals surface area contributed by atoms with Gasteiger partial charge in [0.15, 0.2) is 0 Å². The number of carbonyl (C=O) groups excluding carboxylic acids is 1. The monoisotopic (exact) mass is 171 g/mol. The Labute approximate surface area is 69.0 Å². The number of rotatable bonds is 2. The Bertz CT molecular complexity index is 231. The largest absolute Gasteiger partial charge is 0.458 e. The molecule has 0 aliphatic rings. The molecule has 1 aromatic heterocycles. The van der Waals surface area contributed by atoms with Gasteiger partial charge in [0.05, 0.1) is 6.10 Å². The van der Waals surface area contributed by atoms with E-state index in [4.69, 9.17) is 4.74 Å². The van der Waals surface area contributed by atoms with Crippen molar-refractivity contribution in [1.82, 2.24) is 4.98 Å².